The van der Waals surface area contributed by atoms with E-state index in [4.69, 9.17) is 0 Å². The van der Waals surface area contributed by atoms with E-state index < -0.39 is 0 Å². The van der Waals surface area contributed by atoms with Gasteiger partial charge in [0.1, 0.15) is 0 Å². The van der Waals surface area contributed by atoms with Crippen LogP contribution >= 0.6 is 0 Å². The van der Waals surface area contributed by atoms with E-state index in [0.717, 1.165) is 6.42 Å². The van der Waals surface area contributed by atoms with Gasteiger partial charge in [0.05, 0.1) is 6.61 Å². The minimum Gasteiger partial charge on any atom is -0.395 e. The predicted octanol–water partition coefficient (Wildman–Crippen LogP) is 2.72. The van der Waals surface area contributed by atoms with Gasteiger partial charge in [0.15, 0.2) is 0 Å². The molecule has 0 aromatic heterocycles. The Morgan fingerprint density at radius 3 is 2.56 bits per heavy atom. The molecule has 1 rings (SSSR count). The molecule has 0 aliphatic heterocycles. The molecule has 0 amide bonds. The standard InChI is InChI=1S/C14H23NO/c1-5-13(9-16)15-12(4)14-8-6-7-10(2)11(14)3/h6-8,12-13,15-16H,5,9H2,1-4H3/t12?,13-/m1/s1. The maximum Gasteiger partial charge on any atom is 0.0584 e. The molecule has 0 fully saturated rings. The summed E-state index contributed by atoms with van der Waals surface area (Å²) in [5.41, 5.74) is 3.99. The Bertz CT molecular complexity index is 332. The summed E-state index contributed by atoms with van der Waals surface area (Å²) in [5, 5.41) is 12.6. The van der Waals surface area contributed by atoms with Crippen LogP contribution in [0.2, 0.25) is 0 Å². The number of aliphatic hydroxyl groups is 1. The second kappa shape index (κ2) is 6.02. The van der Waals surface area contributed by atoms with Crippen LogP contribution in [0, 0.1) is 13.8 Å². The molecule has 1 aromatic carbocycles. The van der Waals surface area contributed by atoms with Crippen LogP contribution in [0.15, 0.2) is 18.2 Å². The second-order valence-electron chi connectivity index (χ2n) is 4.47. The Balaban J connectivity index is 2.80. The van der Waals surface area contributed by atoms with Gasteiger partial charge in [0, 0.05) is 12.1 Å². The Labute approximate surface area is 98.7 Å². The zero-order valence-electron chi connectivity index (χ0n) is 10.7. The average molecular weight is 221 g/mol. The molecule has 2 nitrogen and oxygen atoms in total. The van der Waals surface area contributed by atoms with Gasteiger partial charge < -0.3 is 10.4 Å². The zero-order chi connectivity index (χ0) is 12.1. The van der Waals surface area contributed by atoms with Crippen LogP contribution in [-0.2, 0) is 0 Å². The van der Waals surface area contributed by atoms with Crippen LogP contribution in [0.4, 0.5) is 0 Å². The fraction of sp³-hybridized carbons (Fsp3) is 0.571. The van der Waals surface area contributed by atoms with Gasteiger partial charge in [0.25, 0.3) is 0 Å². The number of benzene rings is 1. The largest absolute Gasteiger partial charge is 0.395 e. The van der Waals surface area contributed by atoms with Crippen LogP contribution in [0.1, 0.15) is 43.0 Å². The summed E-state index contributed by atoms with van der Waals surface area (Å²) in [6.45, 7) is 8.73. The molecule has 2 N–H and O–H groups in total. The average Bonchev–Trinajstić information content (AvgIpc) is 2.29. The monoisotopic (exact) mass is 221 g/mol. The lowest BCUT2D eigenvalue weighted by Crippen LogP contribution is -2.34. The molecule has 0 heterocycles. The Kier molecular flexibility index (Phi) is 4.97. The van der Waals surface area contributed by atoms with Crippen molar-refractivity contribution in [2.24, 2.45) is 0 Å². The van der Waals surface area contributed by atoms with Gasteiger partial charge in [-0.2, -0.15) is 0 Å². The number of nitrogens with one attached hydrogen (secondary N) is 1. The molecule has 0 spiro atoms. The summed E-state index contributed by atoms with van der Waals surface area (Å²) in [6, 6.07) is 6.86. The SMILES string of the molecule is CC[C@H](CO)NC(C)c1cccc(C)c1C. The van der Waals surface area contributed by atoms with E-state index in [0.29, 0.717) is 0 Å². The lowest BCUT2D eigenvalue weighted by molar-refractivity contribution is 0.230. The fourth-order valence-corrected chi connectivity index (χ4v) is 1.99. The Morgan fingerprint density at radius 1 is 1.31 bits per heavy atom. The van der Waals surface area contributed by atoms with Gasteiger partial charge in [-0.3, -0.25) is 0 Å². The quantitative estimate of drug-likeness (QED) is 0.801. The molecule has 0 radical (unpaired) electrons. The van der Waals surface area contributed by atoms with Crippen LogP contribution in [-0.4, -0.2) is 17.8 Å². The third kappa shape index (κ3) is 3.06. The number of rotatable bonds is 5. The molecule has 0 saturated carbocycles. The summed E-state index contributed by atoms with van der Waals surface area (Å²) in [5.74, 6) is 0. The highest BCUT2D eigenvalue weighted by molar-refractivity contribution is 5.35. The molecule has 0 bridgehead atoms. The van der Waals surface area contributed by atoms with Crippen LogP contribution in [0.3, 0.4) is 0 Å². The van der Waals surface area contributed by atoms with Crippen molar-refractivity contribution in [2.45, 2.75) is 46.2 Å². The molecule has 0 saturated heterocycles. The number of hydrogen-bond acceptors (Lipinski definition) is 2. The van der Waals surface area contributed by atoms with Crippen molar-refractivity contribution in [3.63, 3.8) is 0 Å². The predicted molar refractivity (Wildman–Crippen MR) is 68.6 cm³/mol. The molecule has 1 unspecified atom stereocenters. The summed E-state index contributed by atoms with van der Waals surface area (Å²) >= 11 is 0. The topological polar surface area (TPSA) is 32.3 Å². The number of hydrogen-bond donors (Lipinski definition) is 2. The first kappa shape index (κ1) is 13.2. The van der Waals surface area contributed by atoms with E-state index >= 15 is 0 Å². The van der Waals surface area contributed by atoms with E-state index in [1.165, 1.54) is 16.7 Å². The second-order valence-corrected chi connectivity index (χ2v) is 4.47. The maximum atomic E-state index is 9.18. The highest BCUT2D eigenvalue weighted by Crippen LogP contribution is 2.20. The van der Waals surface area contributed by atoms with Gasteiger partial charge in [-0.05, 0) is 43.9 Å². The van der Waals surface area contributed by atoms with E-state index in [-0.39, 0.29) is 18.7 Å². The molecule has 0 aliphatic rings. The lowest BCUT2D eigenvalue weighted by Gasteiger charge is -2.22. The first-order valence-electron chi connectivity index (χ1n) is 6.03. The summed E-state index contributed by atoms with van der Waals surface area (Å²) in [6.07, 6.45) is 0.950. The number of aryl methyl sites for hydroxylation is 1. The molecule has 0 aliphatic carbocycles. The molecule has 2 atom stereocenters. The lowest BCUT2D eigenvalue weighted by atomic mass is 9.98. The number of aliphatic hydroxyl groups excluding tert-OH is 1. The summed E-state index contributed by atoms with van der Waals surface area (Å²) < 4.78 is 0. The summed E-state index contributed by atoms with van der Waals surface area (Å²) in [4.78, 5) is 0. The van der Waals surface area contributed by atoms with Gasteiger partial charge in [0.2, 0.25) is 0 Å². The molecule has 16 heavy (non-hydrogen) atoms. The van der Waals surface area contributed by atoms with E-state index in [1.54, 1.807) is 0 Å². The molecular formula is C14H23NO. The molecule has 90 valence electrons. The highest BCUT2D eigenvalue weighted by Gasteiger charge is 2.13. The van der Waals surface area contributed by atoms with Crippen LogP contribution < -0.4 is 5.32 Å². The van der Waals surface area contributed by atoms with Gasteiger partial charge in [-0.1, -0.05) is 25.1 Å². The fourth-order valence-electron chi connectivity index (χ4n) is 1.99. The van der Waals surface area contributed by atoms with Crippen molar-refractivity contribution >= 4 is 0 Å². The molecule has 1 aromatic rings. The van der Waals surface area contributed by atoms with Crippen LogP contribution in [0.25, 0.3) is 0 Å². The third-order valence-electron chi connectivity index (χ3n) is 3.31. The molecular weight excluding hydrogens is 198 g/mol. The van der Waals surface area contributed by atoms with Crippen LogP contribution in [0.5, 0.6) is 0 Å². The Hall–Kier alpha value is -0.860. The third-order valence-corrected chi connectivity index (χ3v) is 3.31. The summed E-state index contributed by atoms with van der Waals surface area (Å²) in [7, 11) is 0. The van der Waals surface area contributed by atoms with E-state index in [9.17, 15) is 5.11 Å². The minimum atomic E-state index is 0.190. The maximum absolute atomic E-state index is 9.18. The molecule has 2 heteroatoms. The zero-order valence-corrected chi connectivity index (χ0v) is 10.7. The van der Waals surface area contributed by atoms with Crippen molar-refractivity contribution in [3.05, 3.63) is 34.9 Å². The Morgan fingerprint density at radius 2 is 2.00 bits per heavy atom. The van der Waals surface area contributed by atoms with Gasteiger partial charge in [-0.25, -0.2) is 0 Å². The van der Waals surface area contributed by atoms with Crippen molar-refractivity contribution < 1.29 is 5.11 Å². The smallest absolute Gasteiger partial charge is 0.0584 e. The van der Waals surface area contributed by atoms with Crippen molar-refractivity contribution in [2.75, 3.05) is 6.61 Å². The van der Waals surface area contributed by atoms with Crippen molar-refractivity contribution in [1.82, 2.24) is 5.32 Å². The highest BCUT2D eigenvalue weighted by atomic mass is 16.3. The first-order chi connectivity index (χ1) is 7.60. The van der Waals surface area contributed by atoms with Gasteiger partial charge in [-0.15, -0.1) is 0 Å². The van der Waals surface area contributed by atoms with E-state index in [1.807, 2.05) is 0 Å². The van der Waals surface area contributed by atoms with Crippen molar-refractivity contribution in [3.8, 4) is 0 Å². The van der Waals surface area contributed by atoms with E-state index in [2.05, 4.69) is 51.2 Å². The van der Waals surface area contributed by atoms with Crippen molar-refractivity contribution in [1.29, 1.82) is 0 Å². The minimum absolute atomic E-state index is 0.190. The normalized spacial score (nSPS) is 14.8. The van der Waals surface area contributed by atoms with Gasteiger partial charge >= 0.3 is 0 Å². The first-order valence-corrected chi connectivity index (χ1v) is 6.03.